The lowest BCUT2D eigenvalue weighted by Crippen LogP contribution is -2.35. The molecule has 4 rings (SSSR count). The zero-order valence-electron chi connectivity index (χ0n) is 15.4. The predicted octanol–water partition coefficient (Wildman–Crippen LogP) is 4.25. The number of benzene rings is 1. The van der Waals surface area contributed by atoms with Gasteiger partial charge < -0.3 is 14.5 Å². The van der Waals surface area contributed by atoms with Crippen molar-refractivity contribution in [2.75, 3.05) is 13.2 Å². The van der Waals surface area contributed by atoms with Gasteiger partial charge in [0.2, 0.25) is 6.04 Å². The van der Waals surface area contributed by atoms with Gasteiger partial charge in [-0.15, -0.1) is 11.3 Å². The maximum Gasteiger partial charge on any atom is 0.338 e. The molecule has 0 spiro atoms. The maximum absolute atomic E-state index is 13.6. The molecule has 1 aromatic carbocycles. The molecule has 2 aromatic rings. The topological polar surface area (TPSA) is 59.1 Å². The molecule has 0 aliphatic carbocycles. The van der Waals surface area contributed by atoms with Crippen LogP contribution in [-0.4, -0.2) is 40.9 Å². The van der Waals surface area contributed by atoms with Crippen LogP contribution in [0.25, 0.3) is 4.85 Å². The number of fused-ring (bicyclic) bond motifs is 1. The highest BCUT2D eigenvalue weighted by Crippen LogP contribution is 2.43. The summed E-state index contributed by atoms with van der Waals surface area (Å²) in [5.74, 6) is -0.398. The first-order chi connectivity index (χ1) is 14.0. The number of ether oxygens (including phenoxy) is 1. The first-order valence-electron chi connectivity index (χ1n) is 9.00. The van der Waals surface area contributed by atoms with Crippen LogP contribution in [0.4, 0.5) is 4.39 Å². The molecular weight excluding hydrogens is 415 g/mol. The standard InChI is InChI=1S/C20H16ClFN4O2S/c1-3-28-20(27)16-15-9-12(23-2)10-26(15)18(19-24-6-7-29-19)25-17(16)13-5-4-11(22)8-14(13)21/h4-8,12,17H,3,9-10H2,1H3/t12-,17-/m0/s1. The van der Waals surface area contributed by atoms with Crippen molar-refractivity contribution in [2.24, 2.45) is 4.99 Å². The number of halogens is 2. The molecule has 0 N–H and O–H groups in total. The summed E-state index contributed by atoms with van der Waals surface area (Å²) in [6, 6.07) is 2.95. The van der Waals surface area contributed by atoms with E-state index in [2.05, 4.69) is 9.83 Å². The smallest absolute Gasteiger partial charge is 0.338 e. The Kier molecular flexibility index (Phi) is 5.35. The van der Waals surface area contributed by atoms with Gasteiger partial charge in [0.1, 0.15) is 11.9 Å². The van der Waals surface area contributed by atoms with E-state index in [-0.39, 0.29) is 17.7 Å². The molecule has 2 aliphatic heterocycles. The second-order valence-electron chi connectivity index (χ2n) is 6.54. The zero-order valence-corrected chi connectivity index (χ0v) is 17.0. The van der Waals surface area contributed by atoms with Crippen LogP contribution in [0.1, 0.15) is 30.0 Å². The number of aliphatic imine (C=N–C) groups is 1. The van der Waals surface area contributed by atoms with E-state index in [1.807, 2.05) is 10.3 Å². The molecule has 0 bridgehead atoms. The van der Waals surface area contributed by atoms with E-state index in [9.17, 15) is 9.18 Å². The fraction of sp³-hybridized carbons (Fsp3) is 0.300. The number of thiazole rings is 1. The summed E-state index contributed by atoms with van der Waals surface area (Å²) in [4.78, 5) is 27.6. The third-order valence-corrected chi connectivity index (χ3v) is 5.89. The Morgan fingerprint density at radius 1 is 1.52 bits per heavy atom. The Bertz CT molecular complexity index is 1060. The SMILES string of the molecule is [C-]#[N+][C@H]1CC2=C(C(=O)OCC)[C@H](c3ccc(F)cc3Cl)N=C(c3nccs3)N2C1. The molecule has 9 heteroatoms. The molecule has 148 valence electrons. The second-order valence-corrected chi connectivity index (χ2v) is 7.84. The van der Waals surface area contributed by atoms with Crippen molar-refractivity contribution in [2.45, 2.75) is 25.4 Å². The van der Waals surface area contributed by atoms with Gasteiger partial charge in [-0.25, -0.2) is 20.7 Å². The summed E-state index contributed by atoms with van der Waals surface area (Å²) in [5.41, 5.74) is 1.53. The van der Waals surface area contributed by atoms with Crippen LogP contribution < -0.4 is 0 Å². The average molecular weight is 431 g/mol. The Morgan fingerprint density at radius 2 is 2.34 bits per heavy atom. The average Bonchev–Trinajstić information content (AvgIpc) is 3.37. The van der Waals surface area contributed by atoms with Crippen LogP contribution >= 0.6 is 22.9 Å². The Morgan fingerprint density at radius 3 is 3.00 bits per heavy atom. The van der Waals surface area contributed by atoms with E-state index in [0.29, 0.717) is 40.6 Å². The largest absolute Gasteiger partial charge is 0.463 e. The van der Waals surface area contributed by atoms with E-state index in [1.165, 1.54) is 29.5 Å². The molecule has 1 fully saturated rings. The van der Waals surface area contributed by atoms with Gasteiger partial charge >= 0.3 is 5.97 Å². The van der Waals surface area contributed by atoms with Gasteiger partial charge in [-0.3, -0.25) is 4.99 Å². The molecule has 29 heavy (non-hydrogen) atoms. The molecule has 2 atom stereocenters. The van der Waals surface area contributed by atoms with E-state index >= 15 is 0 Å². The molecule has 1 aromatic heterocycles. The third kappa shape index (κ3) is 3.52. The number of carbonyl (C=O) groups excluding carboxylic acids is 1. The molecule has 6 nitrogen and oxygen atoms in total. The summed E-state index contributed by atoms with van der Waals surface area (Å²) in [5, 5.41) is 2.69. The lowest BCUT2D eigenvalue weighted by Gasteiger charge is -2.31. The van der Waals surface area contributed by atoms with E-state index < -0.39 is 17.8 Å². The Hall–Kier alpha value is -2.76. The number of carbonyl (C=O) groups is 1. The minimum atomic E-state index is -0.767. The van der Waals surface area contributed by atoms with Crippen LogP contribution in [0.3, 0.4) is 0 Å². The van der Waals surface area contributed by atoms with Crippen LogP contribution in [0.5, 0.6) is 0 Å². The van der Waals surface area contributed by atoms with Gasteiger partial charge in [-0.05, 0) is 19.1 Å². The highest BCUT2D eigenvalue weighted by molar-refractivity contribution is 7.11. The van der Waals surface area contributed by atoms with Gasteiger partial charge in [0.15, 0.2) is 10.8 Å². The van der Waals surface area contributed by atoms with Gasteiger partial charge in [0.05, 0.1) is 25.1 Å². The molecule has 0 amide bonds. The second kappa shape index (κ2) is 7.93. The van der Waals surface area contributed by atoms with Crippen LogP contribution in [0.2, 0.25) is 5.02 Å². The number of esters is 1. The lowest BCUT2D eigenvalue weighted by atomic mass is 9.94. The number of hydrogen-bond donors (Lipinski definition) is 0. The summed E-state index contributed by atoms with van der Waals surface area (Å²) in [6.45, 7) is 9.81. The van der Waals surface area contributed by atoms with Crippen LogP contribution in [-0.2, 0) is 9.53 Å². The van der Waals surface area contributed by atoms with Gasteiger partial charge in [-0.2, -0.15) is 0 Å². The monoisotopic (exact) mass is 430 g/mol. The van der Waals surface area contributed by atoms with E-state index in [4.69, 9.17) is 27.9 Å². The molecule has 0 saturated carbocycles. The van der Waals surface area contributed by atoms with Gasteiger partial charge in [-0.1, -0.05) is 17.7 Å². The summed E-state index contributed by atoms with van der Waals surface area (Å²) < 4.78 is 18.9. The lowest BCUT2D eigenvalue weighted by molar-refractivity contribution is -0.139. The van der Waals surface area contributed by atoms with Crippen molar-refractivity contribution in [3.05, 3.63) is 73.9 Å². The molecule has 0 unspecified atom stereocenters. The highest BCUT2D eigenvalue weighted by atomic mass is 35.5. The number of aromatic nitrogens is 1. The van der Waals surface area contributed by atoms with Crippen molar-refractivity contribution < 1.29 is 13.9 Å². The zero-order chi connectivity index (χ0) is 20.5. The number of amidine groups is 1. The first-order valence-corrected chi connectivity index (χ1v) is 10.3. The van der Waals surface area contributed by atoms with Crippen molar-refractivity contribution in [1.29, 1.82) is 0 Å². The number of hydrogen-bond acceptors (Lipinski definition) is 6. The first kappa shape index (κ1) is 19.6. The fourth-order valence-corrected chi connectivity index (χ4v) is 4.49. The third-order valence-electron chi connectivity index (χ3n) is 4.80. The van der Waals surface area contributed by atoms with Crippen LogP contribution in [0, 0.1) is 12.4 Å². The normalized spacial score (nSPS) is 20.9. The molecule has 0 radical (unpaired) electrons. The van der Waals surface area contributed by atoms with Crippen molar-refractivity contribution >= 4 is 34.7 Å². The van der Waals surface area contributed by atoms with E-state index in [1.54, 1.807) is 13.1 Å². The van der Waals surface area contributed by atoms with Crippen molar-refractivity contribution in [3.63, 3.8) is 0 Å². The summed E-state index contributed by atoms with van der Waals surface area (Å²) in [6.07, 6.45) is 2.08. The summed E-state index contributed by atoms with van der Waals surface area (Å²) in [7, 11) is 0. The number of rotatable bonds is 4. The molecule has 1 saturated heterocycles. The van der Waals surface area contributed by atoms with E-state index in [0.717, 1.165) is 0 Å². The van der Waals surface area contributed by atoms with Crippen molar-refractivity contribution in [1.82, 2.24) is 9.88 Å². The minimum Gasteiger partial charge on any atom is -0.463 e. The molecule has 2 aliphatic rings. The summed E-state index contributed by atoms with van der Waals surface area (Å²) >= 11 is 7.74. The Balaban J connectivity index is 1.92. The molecule has 3 heterocycles. The highest BCUT2D eigenvalue weighted by Gasteiger charge is 2.44. The number of nitrogens with zero attached hydrogens (tertiary/aromatic N) is 4. The van der Waals surface area contributed by atoms with Gasteiger partial charge in [0, 0.05) is 27.9 Å². The Labute approximate surface area is 176 Å². The molecular formula is C20H16ClFN4O2S. The predicted molar refractivity (Wildman–Crippen MR) is 108 cm³/mol. The quantitative estimate of drug-likeness (QED) is 0.537. The fourth-order valence-electron chi connectivity index (χ4n) is 3.58. The maximum atomic E-state index is 13.6. The van der Waals surface area contributed by atoms with Gasteiger partial charge in [0.25, 0.3) is 0 Å². The van der Waals surface area contributed by atoms with Crippen molar-refractivity contribution in [3.8, 4) is 0 Å². The van der Waals surface area contributed by atoms with Crippen LogP contribution in [0.15, 0.2) is 46.0 Å². The minimum absolute atomic E-state index is 0.174.